The van der Waals surface area contributed by atoms with Crippen LogP contribution in [-0.2, 0) is 13.1 Å². The molecule has 2 heterocycles. The highest BCUT2D eigenvalue weighted by Crippen LogP contribution is 2.19. The number of hydrogen-bond acceptors (Lipinski definition) is 3. The summed E-state index contributed by atoms with van der Waals surface area (Å²) in [5.41, 5.74) is 1.89. The second-order valence-electron chi connectivity index (χ2n) is 4.78. The van der Waals surface area contributed by atoms with Gasteiger partial charge in [0, 0.05) is 4.48 Å². The molecule has 0 aliphatic heterocycles. The molecule has 0 unspecified atom stereocenters. The maximum absolute atomic E-state index is 12.0. The fourth-order valence-corrected chi connectivity index (χ4v) is 2.51. The number of benzene rings is 1. The van der Waals surface area contributed by atoms with Crippen molar-refractivity contribution in [3.05, 3.63) is 65.3 Å². The Bertz CT molecular complexity index is 821. The normalized spacial score (nSPS) is 10.8. The van der Waals surface area contributed by atoms with E-state index < -0.39 is 0 Å². The molecular weight excluding hydrogens is 346 g/mol. The van der Waals surface area contributed by atoms with Gasteiger partial charge >= 0.3 is 0 Å². The Kier molecular flexibility index (Phi) is 4.11. The zero-order chi connectivity index (χ0) is 15.5. The van der Waals surface area contributed by atoms with Gasteiger partial charge in [-0.25, -0.2) is 4.98 Å². The SMILES string of the molecule is C=C(Br)Cn1c(CNC(=O)c2ccco2)nc2ccccc21. The zero-order valence-electron chi connectivity index (χ0n) is 11.8. The van der Waals surface area contributed by atoms with E-state index in [1.54, 1.807) is 12.1 Å². The number of amides is 1. The fourth-order valence-electron chi connectivity index (χ4n) is 2.26. The molecule has 112 valence electrons. The number of allylic oxidation sites excluding steroid dienone is 1. The van der Waals surface area contributed by atoms with Crippen LogP contribution in [0.2, 0.25) is 0 Å². The van der Waals surface area contributed by atoms with Gasteiger partial charge in [0.25, 0.3) is 5.91 Å². The van der Waals surface area contributed by atoms with Gasteiger partial charge in [0.2, 0.25) is 0 Å². The zero-order valence-corrected chi connectivity index (χ0v) is 13.3. The van der Waals surface area contributed by atoms with Crippen molar-refractivity contribution in [2.45, 2.75) is 13.1 Å². The van der Waals surface area contributed by atoms with Gasteiger partial charge in [-0.2, -0.15) is 0 Å². The molecule has 0 bridgehead atoms. The van der Waals surface area contributed by atoms with E-state index in [0.717, 1.165) is 21.3 Å². The van der Waals surface area contributed by atoms with Crippen LogP contribution < -0.4 is 5.32 Å². The molecule has 3 aromatic rings. The van der Waals surface area contributed by atoms with E-state index >= 15 is 0 Å². The summed E-state index contributed by atoms with van der Waals surface area (Å²) in [5, 5.41) is 2.81. The maximum Gasteiger partial charge on any atom is 0.287 e. The van der Waals surface area contributed by atoms with Crippen molar-refractivity contribution in [2.24, 2.45) is 0 Å². The highest BCUT2D eigenvalue weighted by Gasteiger charge is 2.13. The number of fused-ring (bicyclic) bond motifs is 1. The monoisotopic (exact) mass is 359 g/mol. The number of carbonyl (C=O) groups excluding carboxylic acids is 1. The van der Waals surface area contributed by atoms with Gasteiger partial charge in [0.15, 0.2) is 5.76 Å². The van der Waals surface area contributed by atoms with Crippen LogP contribution in [-0.4, -0.2) is 15.5 Å². The van der Waals surface area contributed by atoms with Gasteiger partial charge in [-0.3, -0.25) is 4.79 Å². The largest absolute Gasteiger partial charge is 0.459 e. The highest BCUT2D eigenvalue weighted by atomic mass is 79.9. The van der Waals surface area contributed by atoms with Gasteiger partial charge in [0.1, 0.15) is 5.82 Å². The number of rotatable bonds is 5. The van der Waals surface area contributed by atoms with Crippen LogP contribution in [0.5, 0.6) is 0 Å². The molecule has 1 amide bonds. The molecule has 0 radical (unpaired) electrons. The Hall–Kier alpha value is -2.34. The molecule has 0 aliphatic carbocycles. The summed E-state index contributed by atoms with van der Waals surface area (Å²) >= 11 is 3.38. The van der Waals surface area contributed by atoms with E-state index in [4.69, 9.17) is 4.42 Å². The van der Waals surface area contributed by atoms with Gasteiger partial charge in [-0.05, 0) is 24.3 Å². The lowest BCUT2D eigenvalue weighted by atomic mass is 10.3. The summed E-state index contributed by atoms with van der Waals surface area (Å²) in [6.07, 6.45) is 1.47. The number of hydrogen-bond donors (Lipinski definition) is 1. The Labute approximate surface area is 135 Å². The Balaban J connectivity index is 1.86. The van der Waals surface area contributed by atoms with Crippen LogP contribution in [0.25, 0.3) is 11.0 Å². The summed E-state index contributed by atoms with van der Waals surface area (Å²) in [6, 6.07) is 11.1. The molecule has 1 aromatic carbocycles. The van der Waals surface area contributed by atoms with Gasteiger partial charge < -0.3 is 14.3 Å². The number of furan rings is 1. The third-order valence-electron chi connectivity index (χ3n) is 3.22. The number of halogens is 1. The smallest absolute Gasteiger partial charge is 0.287 e. The molecule has 2 aromatic heterocycles. The van der Waals surface area contributed by atoms with Crippen LogP contribution in [0.4, 0.5) is 0 Å². The molecule has 3 rings (SSSR count). The third kappa shape index (κ3) is 2.96. The summed E-state index contributed by atoms with van der Waals surface area (Å²) in [7, 11) is 0. The first-order valence-electron chi connectivity index (χ1n) is 6.74. The van der Waals surface area contributed by atoms with Crippen molar-refractivity contribution < 1.29 is 9.21 Å². The van der Waals surface area contributed by atoms with E-state index in [0.29, 0.717) is 13.1 Å². The van der Waals surface area contributed by atoms with Crippen molar-refractivity contribution in [3.8, 4) is 0 Å². The second-order valence-corrected chi connectivity index (χ2v) is 5.90. The Morgan fingerprint density at radius 3 is 2.86 bits per heavy atom. The molecule has 0 atom stereocenters. The average molecular weight is 360 g/mol. The highest BCUT2D eigenvalue weighted by molar-refractivity contribution is 9.11. The third-order valence-corrected chi connectivity index (χ3v) is 3.47. The summed E-state index contributed by atoms with van der Waals surface area (Å²) < 4.78 is 7.94. The molecule has 0 saturated carbocycles. The Morgan fingerprint density at radius 2 is 2.14 bits per heavy atom. The van der Waals surface area contributed by atoms with Crippen LogP contribution >= 0.6 is 15.9 Å². The average Bonchev–Trinajstić information content (AvgIpc) is 3.13. The molecule has 0 aliphatic rings. The van der Waals surface area contributed by atoms with Crippen molar-refractivity contribution in [1.29, 1.82) is 0 Å². The number of carbonyl (C=O) groups is 1. The molecule has 0 spiro atoms. The van der Waals surface area contributed by atoms with Crippen LogP contribution in [0, 0.1) is 0 Å². The summed E-state index contributed by atoms with van der Waals surface area (Å²) in [5.74, 6) is 0.788. The van der Waals surface area contributed by atoms with E-state index in [1.165, 1.54) is 6.26 Å². The molecule has 1 N–H and O–H groups in total. The minimum Gasteiger partial charge on any atom is -0.459 e. The van der Waals surface area contributed by atoms with Crippen molar-refractivity contribution in [3.63, 3.8) is 0 Å². The number of nitrogens with zero attached hydrogens (tertiary/aromatic N) is 2. The Morgan fingerprint density at radius 1 is 1.32 bits per heavy atom. The molecule has 0 fully saturated rings. The minimum atomic E-state index is -0.263. The molecule has 22 heavy (non-hydrogen) atoms. The number of aromatic nitrogens is 2. The first kappa shape index (κ1) is 14.6. The first-order valence-corrected chi connectivity index (χ1v) is 7.53. The lowest BCUT2D eigenvalue weighted by Gasteiger charge is -2.08. The number of nitrogens with one attached hydrogen (secondary N) is 1. The van der Waals surface area contributed by atoms with Gasteiger partial charge in [-0.15, -0.1) is 0 Å². The molecule has 0 saturated heterocycles. The lowest BCUT2D eigenvalue weighted by Crippen LogP contribution is -2.24. The summed E-state index contributed by atoms with van der Waals surface area (Å²) in [6.45, 7) is 4.78. The van der Waals surface area contributed by atoms with Gasteiger partial charge in [0.05, 0.1) is 30.4 Å². The summed E-state index contributed by atoms with van der Waals surface area (Å²) in [4.78, 5) is 16.5. The standard InChI is InChI=1S/C16H14BrN3O2/c1-11(17)10-20-13-6-3-2-5-12(13)19-15(20)9-18-16(21)14-7-4-8-22-14/h2-8H,1,9-10H2,(H,18,21). The van der Waals surface area contributed by atoms with Crippen LogP contribution in [0.15, 0.2) is 58.1 Å². The second kappa shape index (κ2) is 6.19. The molecular formula is C16H14BrN3O2. The van der Waals surface area contributed by atoms with Gasteiger partial charge in [-0.1, -0.05) is 34.6 Å². The predicted octanol–water partition coefficient (Wildman–Crippen LogP) is 3.47. The van der Waals surface area contributed by atoms with Crippen molar-refractivity contribution in [2.75, 3.05) is 0 Å². The predicted molar refractivity (Wildman–Crippen MR) is 87.7 cm³/mol. The van der Waals surface area contributed by atoms with E-state index in [2.05, 4.69) is 32.8 Å². The van der Waals surface area contributed by atoms with Crippen molar-refractivity contribution in [1.82, 2.24) is 14.9 Å². The quantitative estimate of drug-likeness (QED) is 0.758. The minimum absolute atomic E-state index is 0.263. The van der Waals surface area contributed by atoms with Crippen LogP contribution in [0.3, 0.4) is 0 Å². The number of para-hydroxylation sites is 2. The van der Waals surface area contributed by atoms with Crippen LogP contribution in [0.1, 0.15) is 16.4 Å². The first-order chi connectivity index (χ1) is 10.6. The van der Waals surface area contributed by atoms with E-state index in [-0.39, 0.29) is 11.7 Å². The number of imidazole rings is 1. The van der Waals surface area contributed by atoms with Crippen molar-refractivity contribution >= 4 is 32.9 Å². The maximum atomic E-state index is 12.0. The molecule has 6 heteroatoms. The fraction of sp³-hybridized carbons (Fsp3) is 0.125. The lowest BCUT2D eigenvalue weighted by molar-refractivity contribution is 0.0922. The molecule has 5 nitrogen and oxygen atoms in total. The van der Waals surface area contributed by atoms with E-state index in [1.807, 2.05) is 28.8 Å². The topological polar surface area (TPSA) is 60.1 Å². The van der Waals surface area contributed by atoms with E-state index in [9.17, 15) is 4.79 Å².